The first-order valence-electron chi connectivity index (χ1n) is 6.23. The molecule has 0 spiro atoms. The summed E-state index contributed by atoms with van der Waals surface area (Å²) in [4.78, 5) is 2.09. The molecule has 0 aromatic carbocycles. The average molecular weight is 254 g/mol. The maximum atomic E-state index is 12.1. The molecule has 0 fully saturated rings. The second-order valence-corrected chi connectivity index (χ2v) is 4.94. The van der Waals surface area contributed by atoms with Crippen LogP contribution in [0.15, 0.2) is 0 Å². The van der Waals surface area contributed by atoms with Crippen molar-refractivity contribution >= 4 is 0 Å². The fraction of sp³-hybridized carbons (Fsp3) is 1.00. The number of halogens is 3. The van der Waals surface area contributed by atoms with Gasteiger partial charge < -0.3 is 5.73 Å². The number of hydrogen-bond donors (Lipinski definition) is 1. The molecular formula is C12H25F3N2. The summed E-state index contributed by atoms with van der Waals surface area (Å²) in [6, 6.07) is 0. The molecule has 1 atom stereocenters. The lowest BCUT2D eigenvalue weighted by atomic mass is 9.92. The molecule has 5 heteroatoms. The third kappa shape index (κ3) is 6.88. The summed E-state index contributed by atoms with van der Waals surface area (Å²) in [6.07, 6.45) is -2.02. The Bertz CT molecular complexity index is 206. The van der Waals surface area contributed by atoms with Gasteiger partial charge in [-0.1, -0.05) is 13.3 Å². The molecule has 2 N–H and O–H groups in total. The van der Waals surface area contributed by atoms with Gasteiger partial charge >= 0.3 is 6.18 Å². The molecule has 17 heavy (non-hydrogen) atoms. The van der Waals surface area contributed by atoms with Crippen LogP contribution in [0.3, 0.4) is 0 Å². The molecule has 104 valence electrons. The molecule has 0 amide bonds. The van der Waals surface area contributed by atoms with Gasteiger partial charge in [0.05, 0.1) is 0 Å². The normalized spacial score (nSPS) is 16.2. The van der Waals surface area contributed by atoms with Crippen LogP contribution in [0.5, 0.6) is 0 Å². The Balaban J connectivity index is 4.17. The number of hydrogen-bond acceptors (Lipinski definition) is 2. The minimum absolute atomic E-state index is 0.146. The van der Waals surface area contributed by atoms with E-state index >= 15 is 0 Å². The van der Waals surface area contributed by atoms with Crippen LogP contribution in [0, 0.1) is 0 Å². The molecule has 0 saturated carbocycles. The Morgan fingerprint density at radius 3 is 2.12 bits per heavy atom. The summed E-state index contributed by atoms with van der Waals surface area (Å²) in [5, 5.41) is 0. The van der Waals surface area contributed by atoms with Gasteiger partial charge in [0.1, 0.15) is 0 Å². The minimum Gasteiger partial charge on any atom is -0.329 e. The van der Waals surface area contributed by atoms with E-state index in [1.54, 1.807) is 0 Å². The Morgan fingerprint density at radius 2 is 1.71 bits per heavy atom. The molecular weight excluding hydrogens is 229 g/mol. The summed E-state index contributed by atoms with van der Waals surface area (Å²) >= 11 is 0. The van der Waals surface area contributed by atoms with E-state index in [4.69, 9.17) is 5.73 Å². The van der Waals surface area contributed by atoms with Crippen molar-refractivity contribution in [2.24, 2.45) is 5.73 Å². The number of likely N-dealkylation sites (N-methyl/N-ethyl adjacent to an activating group) is 1. The molecule has 0 heterocycles. The van der Waals surface area contributed by atoms with E-state index in [2.05, 4.69) is 11.8 Å². The van der Waals surface area contributed by atoms with Crippen molar-refractivity contribution < 1.29 is 13.2 Å². The summed E-state index contributed by atoms with van der Waals surface area (Å²) < 4.78 is 36.3. The summed E-state index contributed by atoms with van der Waals surface area (Å²) in [7, 11) is 1.94. The van der Waals surface area contributed by atoms with Gasteiger partial charge in [-0.2, -0.15) is 13.2 Å². The van der Waals surface area contributed by atoms with E-state index in [-0.39, 0.29) is 12.0 Å². The van der Waals surface area contributed by atoms with E-state index in [9.17, 15) is 13.2 Å². The summed E-state index contributed by atoms with van der Waals surface area (Å²) in [6.45, 7) is 5.32. The Labute approximate surface area is 102 Å². The van der Waals surface area contributed by atoms with Crippen LogP contribution in [-0.2, 0) is 0 Å². The highest BCUT2D eigenvalue weighted by Gasteiger charge is 2.31. The highest BCUT2D eigenvalue weighted by atomic mass is 19.4. The number of nitrogens with two attached hydrogens (primary N) is 1. The Hall–Kier alpha value is -0.290. The lowest BCUT2D eigenvalue weighted by Gasteiger charge is -2.38. The third-order valence-electron chi connectivity index (χ3n) is 3.38. The molecule has 0 rings (SSSR count). The second kappa shape index (κ2) is 7.21. The quantitative estimate of drug-likeness (QED) is 0.721. The zero-order valence-electron chi connectivity index (χ0n) is 11.1. The molecule has 0 aromatic rings. The van der Waals surface area contributed by atoms with Crippen LogP contribution in [0.1, 0.15) is 46.0 Å². The zero-order valence-corrected chi connectivity index (χ0v) is 11.1. The van der Waals surface area contributed by atoms with E-state index < -0.39 is 12.6 Å². The fourth-order valence-electron chi connectivity index (χ4n) is 1.78. The smallest absolute Gasteiger partial charge is 0.329 e. The minimum atomic E-state index is -4.06. The molecule has 0 bridgehead atoms. The molecule has 0 aliphatic carbocycles. The predicted molar refractivity (Wildman–Crippen MR) is 64.9 cm³/mol. The van der Waals surface area contributed by atoms with Gasteiger partial charge in [0.15, 0.2) is 0 Å². The largest absolute Gasteiger partial charge is 0.389 e. The molecule has 0 saturated heterocycles. The molecule has 0 aliphatic rings. The van der Waals surface area contributed by atoms with Crippen LogP contribution in [0.4, 0.5) is 13.2 Å². The van der Waals surface area contributed by atoms with Gasteiger partial charge in [-0.05, 0) is 39.8 Å². The SMILES string of the molecule is CCCCN(C)C(C)(CN)CCCC(F)(F)F. The van der Waals surface area contributed by atoms with Crippen LogP contribution < -0.4 is 5.73 Å². The first kappa shape index (κ1) is 16.7. The van der Waals surface area contributed by atoms with E-state index in [1.807, 2.05) is 14.0 Å². The lowest BCUT2D eigenvalue weighted by molar-refractivity contribution is -0.136. The number of unbranched alkanes of at least 4 members (excludes halogenated alkanes) is 1. The van der Waals surface area contributed by atoms with Gasteiger partial charge in [0, 0.05) is 18.5 Å². The van der Waals surface area contributed by atoms with Crippen molar-refractivity contribution in [2.45, 2.75) is 57.7 Å². The summed E-state index contributed by atoms with van der Waals surface area (Å²) in [5.74, 6) is 0. The lowest BCUT2D eigenvalue weighted by Crippen LogP contribution is -2.50. The Kier molecular flexibility index (Phi) is 7.09. The maximum absolute atomic E-state index is 12.1. The van der Waals surface area contributed by atoms with Gasteiger partial charge in [-0.15, -0.1) is 0 Å². The third-order valence-corrected chi connectivity index (χ3v) is 3.38. The van der Waals surface area contributed by atoms with Crippen molar-refractivity contribution in [1.29, 1.82) is 0 Å². The van der Waals surface area contributed by atoms with Gasteiger partial charge in [0.25, 0.3) is 0 Å². The van der Waals surface area contributed by atoms with Crippen molar-refractivity contribution in [2.75, 3.05) is 20.1 Å². The maximum Gasteiger partial charge on any atom is 0.389 e. The van der Waals surface area contributed by atoms with Gasteiger partial charge in [0.2, 0.25) is 0 Å². The average Bonchev–Trinajstić information content (AvgIpc) is 2.23. The highest BCUT2D eigenvalue weighted by Crippen LogP contribution is 2.26. The Morgan fingerprint density at radius 1 is 1.12 bits per heavy atom. The zero-order chi connectivity index (χ0) is 13.5. The van der Waals surface area contributed by atoms with Crippen LogP contribution in [0.2, 0.25) is 0 Å². The molecule has 0 radical (unpaired) electrons. The highest BCUT2D eigenvalue weighted by molar-refractivity contribution is 4.85. The molecule has 1 unspecified atom stereocenters. The first-order chi connectivity index (χ1) is 7.75. The molecule has 0 aliphatic heterocycles. The predicted octanol–water partition coefficient (Wildman–Crippen LogP) is 3.17. The topological polar surface area (TPSA) is 29.3 Å². The first-order valence-corrected chi connectivity index (χ1v) is 6.23. The number of rotatable bonds is 8. The molecule has 2 nitrogen and oxygen atoms in total. The van der Waals surface area contributed by atoms with Gasteiger partial charge in [-0.3, -0.25) is 4.90 Å². The van der Waals surface area contributed by atoms with Crippen molar-refractivity contribution in [3.63, 3.8) is 0 Å². The number of nitrogens with zero attached hydrogens (tertiary/aromatic N) is 1. The van der Waals surface area contributed by atoms with Crippen LogP contribution >= 0.6 is 0 Å². The standard InChI is InChI=1S/C12H25F3N2/c1-4-5-9-17(3)11(2,10-16)7-6-8-12(13,14)15/h4-10,16H2,1-3H3. The number of alkyl halides is 3. The van der Waals surface area contributed by atoms with Crippen LogP contribution in [-0.4, -0.2) is 36.8 Å². The second-order valence-electron chi connectivity index (χ2n) is 4.94. The fourth-order valence-corrected chi connectivity index (χ4v) is 1.78. The van der Waals surface area contributed by atoms with Crippen molar-refractivity contribution in [1.82, 2.24) is 4.90 Å². The molecule has 0 aromatic heterocycles. The van der Waals surface area contributed by atoms with E-state index in [0.717, 1.165) is 19.4 Å². The van der Waals surface area contributed by atoms with Crippen LogP contribution in [0.25, 0.3) is 0 Å². The van der Waals surface area contributed by atoms with E-state index in [1.165, 1.54) is 0 Å². The van der Waals surface area contributed by atoms with Crippen molar-refractivity contribution in [3.05, 3.63) is 0 Å². The monoisotopic (exact) mass is 254 g/mol. The van der Waals surface area contributed by atoms with E-state index in [0.29, 0.717) is 13.0 Å². The summed E-state index contributed by atoms with van der Waals surface area (Å²) in [5.41, 5.74) is 5.39. The van der Waals surface area contributed by atoms with Crippen molar-refractivity contribution in [3.8, 4) is 0 Å². The van der Waals surface area contributed by atoms with Gasteiger partial charge in [-0.25, -0.2) is 0 Å².